The van der Waals surface area contributed by atoms with Crippen molar-refractivity contribution in [2.24, 2.45) is 0 Å². The van der Waals surface area contributed by atoms with Crippen LogP contribution in [0, 0.1) is 0 Å². The topological polar surface area (TPSA) is 53.6 Å². The number of carbonyl (C=O) groups is 1. The lowest BCUT2D eigenvalue weighted by molar-refractivity contribution is -0.119. The summed E-state index contributed by atoms with van der Waals surface area (Å²) < 4.78 is 5.38. The maximum atomic E-state index is 12.1. The maximum Gasteiger partial charge on any atom is 0.227 e. The van der Waals surface area contributed by atoms with E-state index in [1.165, 1.54) is 0 Å². The van der Waals surface area contributed by atoms with Gasteiger partial charge in [-0.15, -0.1) is 0 Å². The first-order valence-corrected chi connectivity index (χ1v) is 7.59. The zero-order chi connectivity index (χ0) is 15.2. The van der Waals surface area contributed by atoms with Gasteiger partial charge < -0.3 is 20.3 Å². The van der Waals surface area contributed by atoms with Crippen LogP contribution >= 0.6 is 12.2 Å². The first-order valence-electron chi connectivity index (χ1n) is 7.19. The average molecular weight is 307 g/mol. The molecule has 1 heterocycles. The number of rotatable bonds is 4. The van der Waals surface area contributed by atoms with Gasteiger partial charge in [0.05, 0.1) is 12.8 Å². The highest BCUT2D eigenvalue weighted by Crippen LogP contribution is 2.33. The van der Waals surface area contributed by atoms with E-state index in [-0.39, 0.29) is 5.91 Å². The predicted octanol–water partition coefficient (Wildman–Crippen LogP) is 2.52. The summed E-state index contributed by atoms with van der Waals surface area (Å²) in [7, 11) is 1.61. The Kier molecular flexibility index (Phi) is 5.38. The summed E-state index contributed by atoms with van der Waals surface area (Å²) in [5.74, 6) is 0.844. The van der Waals surface area contributed by atoms with Gasteiger partial charge >= 0.3 is 0 Å². The van der Waals surface area contributed by atoms with Crippen molar-refractivity contribution in [1.82, 2.24) is 5.32 Å². The van der Waals surface area contributed by atoms with Crippen LogP contribution in [0.4, 0.5) is 11.4 Å². The second kappa shape index (κ2) is 7.26. The van der Waals surface area contributed by atoms with Crippen molar-refractivity contribution in [1.29, 1.82) is 0 Å². The molecule has 2 N–H and O–H groups in total. The molecule has 21 heavy (non-hydrogen) atoms. The second-order valence-corrected chi connectivity index (χ2v) is 5.28. The summed E-state index contributed by atoms with van der Waals surface area (Å²) in [6, 6.07) is 5.65. The van der Waals surface area contributed by atoms with Crippen molar-refractivity contribution < 1.29 is 9.53 Å². The molecule has 0 aliphatic carbocycles. The van der Waals surface area contributed by atoms with Crippen LogP contribution < -0.4 is 20.3 Å². The highest BCUT2D eigenvalue weighted by Gasteiger charge is 2.22. The number of nitrogens with zero attached hydrogens (tertiary/aromatic N) is 1. The largest absolute Gasteiger partial charge is 0.495 e. The number of ether oxygens (including phenoxy) is 1. The molecule has 1 amide bonds. The molecule has 0 atom stereocenters. The Hall–Kier alpha value is -1.82. The predicted molar refractivity (Wildman–Crippen MR) is 89.1 cm³/mol. The van der Waals surface area contributed by atoms with Gasteiger partial charge in [-0.25, -0.2) is 0 Å². The molecule has 0 saturated carbocycles. The van der Waals surface area contributed by atoms with E-state index in [2.05, 4.69) is 10.6 Å². The third kappa shape index (κ3) is 3.85. The van der Waals surface area contributed by atoms with Gasteiger partial charge in [-0.3, -0.25) is 4.79 Å². The second-order valence-electron chi connectivity index (χ2n) is 4.87. The van der Waals surface area contributed by atoms with Crippen molar-refractivity contribution in [3.05, 3.63) is 18.2 Å². The van der Waals surface area contributed by atoms with Crippen LogP contribution in [-0.4, -0.2) is 31.2 Å². The molecule has 1 aromatic rings. The molecule has 0 unspecified atom stereocenters. The number of nitrogens with one attached hydrogen (secondary N) is 2. The van der Waals surface area contributed by atoms with E-state index >= 15 is 0 Å². The molecular weight excluding hydrogens is 286 g/mol. The van der Waals surface area contributed by atoms with Gasteiger partial charge in [0.2, 0.25) is 5.91 Å². The van der Waals surface area contributed by atoms with E-state index in [0.29, 0.717) is 17.3 Å². The quantitative estimate of drug-likeness (QED) is 0.837. The molecule has 0 aromatic heterocycles. The number of hydrogen-bond acceptors (Lipinski definition) is 3. The lowest BCUT2D eigenvalue weighted by Gasteiger charge is -2.28. The van der Waals surface area contributed by atoms with Crippen LogP contribution in [0.25, 0.3) is 0 Å². The van der Waals surface area contributed by atoms with Crippen molar-refractivity contribution in [2.45, 2.75) is 26.2 Å². The number of hydrogen-bond donors (Lipinski definition) is 2. The van der Waals surface area contributed by atoms with Gasteiger partial charge in [0, 0.05) is 25.2 Å². The molecule has 1 aromatic carbocycles. The molecule has 1 aliphatic rings. The fourth-order valence-corrected chi connectivity index (χ4v) is 2.64. The van der Waals surface area contributed by atoms with Gasteiger partial charge in [0.1, 0.15) is 5.75 Å². The van der Waals surface area contributed by atoms with E-state index in [1.807, 2.05) is 25.1 Å². The number of anilines is 2. The number of carbonyl (C=O) groups excluding carboxylic acids is 1. The average Bonchev–Trinajstić information content (AvgIpc) is 2.48. The minimum atomic E-state index is 0.144. The molecular formula is C15H21N3O2S. The fourth-order valence-electron chi connectivity index (χ4n) is 2.38. The van der Waals surface area contributed by atoms with E-state index in [9.17, 15) is 4.79 Å². The molecule has 0 spiro atoms. The molecule has 1 aliphatic heterocycles. The Balaban J connectivity index is 2.25. The summed E-state index contributed by atoms with van der Waals surface area (Å²) in [4.78, 5) is 13.9. The van der Waals surface area contributed by atoms with Gasteiger partial charge in [0.25, 0.3) is 0 Å². The Labute approximate surface area is 130 Å². The first-order chi connectivity index (χ1) is 10.2. The van der Waals surface area contributed by atoms with Crippen LogP contribution in [-0.2, 0) is 4.79 Å². The van der Waals surface area contributed by atoms with E-state index < -0.39 is 0 Å². The van der Waals surface area contributed by atoms with Gasteiger partial charge in [-0.1, -0.05) is 0 Å². The van der Waals surface area contributed by atoms with Gasteiger partial charge in [-0.05, 0) is 50.2 Å². The highest BCUT2D eigenvalue weighted by atomic mass is 32.1. The highest BCUT2D eigenvalue weighted by molar-refractivity contribution is 7.80. The zero-order valence-electron chi connectivity index (χ0n) is 12.4. The Morgan fingerprint density at radius 3 is 2.90 bits per heavy atom. The van der Waals surface area contributed by atoms with Crippen LogP contribution in [0.1, 0.15) is 26.2 Å². The Bertz CT molecular complexity index is 534. The third-order valence-electron chi connectivity index (χ3n) is 3.39. The summed E-state index contributed by atoms with van der Waals surface area (Å²) >= 11 is 5.19. The number of thiocarbonyl (C=S) groups is 1. The molecule has 0 bridgehead atoms. The zero-order valence-corrected chi connectivity index (χ0v) is 13.3. The van der Waals surface area contributed by atoms with E-state index in [1.54, 1.807) is 12.0 Å². The van der Waals surface area contributed by atoms with Crippen LogP contribution in [0.3, 0.4) is 0 Å². The number of piperidine rings is 1. The molecule has 1 fully saturated rings. The standard InChI is InChI=1S/C15H21N3O2S/c1-3-16-15(21)17-11-7-8-13(20-2)12(10-11)18-9-5-4-6-14(18)19/h7-8,10H,3-6,9H2,1-2H3,(H2,16,17,21). The molecule has 0 radical (unpaired) electrons. The monoisotopic (exact) mass is 307 g/mol. The summed E-state index contributed by atoms with van der Waals surface area (Å²) in [6.45, 7) is 3.48. The number of methoxy groups -OCH3 is 1. The van der Waals surface area contributed by atoms with Crippen molar-refractivity contribution in [3.63, 3.8) is 0 Å². The van der Waals surface area contributed by atoms with Gasteiger partial charge in [-0.2, -0.15) is 0 Å². The van der Waals surface area contributed by atoms with Crippen molar-refractivity contribution in [3.8, 4) is 5.75 Å². The molecule has 1 saturated heterocycles. The first kappa shape index (κ1) is 15.6. The third-order valence-corrected chi connectivity index (χ3v) is 3.63. The fraction of sp³-hybridized carbons (Fsp3) is 0.467. The maximum absolute atomic E-state index is 12.1. The number of benzene rings is 1. The lowest BCUT2D eigenvalue weighted by Crippen LogP contribution is -2.35. The smallest absolute Gasteiger partial charge is 0.227 e. The van der Waals surface area contributed by atoms with Crippen molar-refractivity contribution >= 4 is 34.6 Å². The van der Waals surface area contributed by atoms with Crippen LogP contribution in [0.2, 0.25) is 0 Å². The minimum absolute atomic E-state index is 0.144. The number of amides is 1. The van der Waals surface area contributed by atoms with Crippen molar-refractivity contribution in [2.75, 3.05) is 30.4 Å². The Morgan fingerprint density at radius 1 is 1.43 bits per heavy atom. The van der Waals surface area contributed by atoms with E-state index in [4.69, 9.17) is 17.0 Å². The molecule has 2 rings (SSSR count). The molecule has 6 heteroatoms. The lowest BCUT2D eigenvalue weighted by atomic mass is 10.1. The van der Waals surface area contributed by atoms with Crippen LogP contribution in [0.5, 0.6) is 5.75 Å². The normalized spacial score (nSPS) is 14.8. The summed E-state index contributed by atoms with van der Waals surface area (Å²) in [5, 5.41) is 6.72. The van der Waals surface area contributed by atoms with E-state index in [0.717, 1.165) is 37.3 Å². The minimum Gasteiger partial charge on any atom is -0.495 e. The SMILES string of the molecule is CCNC(=S)Nc1ccc(OC)c(N2CCCCC2=O)c1. The molecule has 5 nitrogen and oxygen atoms in total. The van der Waals surface area contributed by atoms with Crippen LogP contribution in [0.15, 0.2) is 18.2 Å². The van der Waals surface area contributed by atoms with Gasteiger partial charge in [0.15, 0.2) is 5.11 Å². The summed E-state index contributed by atoms with van der Waals surface area (Å²) in [6.07, 6.45) is 2.57. The Morgan fingerprint density at radius 2 is 2.24 bits per heavy atom. The molecule has 114 valence electrons. The summed E-state index contributed by atoms with van der Waals surface area (Å²) in [5.41, 5.74) is 1.64.